The molecule has 1 aliphatic heterocycles. The second kappa shape index (κ2) is 7.70. The molecule has 1 heterocycles. The third kappa shape index (κ3) is 3.97. The van der Waals surface area contributed by atoms with Crippen LogP contribution in [-0.2, 0) is 9.59 Å². The molecule has 1 atom stereocenters. The molecule has 1 amide bonds. The van der Waals surface area contributed by atoms with E-state index >= 15 is 0 Å². The molecule has 0 spiro atoms. The van der Waals surface area contributed by atoms with Gasteiger partial charge < -0.3 is 5.11 Å². The van der Waals surface area contributed by atoms with Crippen molar-refractivity contribution in [1.29, 1.82) is 0 Å². The van der Waals surface area contributed by atoms with Gasteiger partial charge in [-0.1, -0.05) is 61.9 Å². The van der Waals surface area contributed by atoms with E-state index in [1.165, 1.54) is 12.1 Å². The molecule has 0 saturated carbocycles. The van der Waals surface area contributed by atoms with Crippen LogP contribution >= 0.6 is 24.0 Å². The summed E-state index contributed by atoms with van der Waals surface area (Å²) < 4.78 is 13.9. The van der Waals surface area contributed by atoms with Gasteiger partial charge >= 0.3 is 5.97 Å². The van der Waals surface area contributed by atoms with Crippen LogP contribution in [0.5, 0.6) is 0 Å². The SMILES string of the molecule is CCCC[C@H](C(=O)O)N1C(=O)/C(=C/c2ccccc2F)SC1=S. The Hall–Kier alpha value is -1.73. The average molecular weight is 353 g/mol. The molecule has 0 aliphatic carbocycles. The number of aliphatic carboxylic acids is 1. The predicted molar refractivity (Wildman–Crippen MR) is 92.4 cm³/mol. The highest BCUT2D eigenvalue weighted by atomic mass is 32.2. The molecule has 1 aromatic rings. The van der Waals surface area contributed by atoms with Crippen molar-refractivity contribution in [1.82, 2.24) is 4.90 Å². The fourth-order valence-corrected chi connectivity index (χ4v) is 3.59. The Morgan fingerprint density at radius 3 is 2.78 bits per heavy atom. The van der Waals surface area contributed by atoms with Gasteiger partial charge in [0.15, 0.2) is 0 Å². The van der Waals surface area contributed by atoms with Gasteiger partial charge in [0.25, 0.3) is 5.91 Å². The van der Waals surface area contributed by atoms with Crippen LogP contribution in [0.3, 0.4) is 0 Å². The molecule has 1 N–H and O–H groups in total. The summed E-state index contributed by atoms with van der Waals surface area (Å²) >= 11 is 6.16. The molecule has 4 nitrogen and oxygen atoms in total. The minimum Gasteiger partial charge on any atom is -0.480 e. The van der Waals surface area contributed by atoms with Gasteiger partial charge in [-0.3, -0.25) is 9.69 Å². The van der Waals surface area contributed by atoms with Crippen LogP contribution < -0.4 is 0 Å². The van der Waals surface area contributed by atoms with Crippen LogP contribution in [0.25, 0.3) is 6.08 Å². The minimum atomic E-state index is -1.08. The van der Waals surface area contributed by atoms with Crippen LogP contribution in [0.4, 0.5) is 4.39 Å². The molecule has 2 rings (SSSR count). The lowest BCUT2D eigenvalue weighted by atomic mass is 10.1. The number of carboxylic acids is 1. The molecular formula is C16H16FNO3S2. The van der Waals surface area contributed by atoms with E-state index in [1.54, 1.807) is 18.2 Å². The molecule has 1 fully saturated rings. The largest absolute Gasteiger partial charge is 0.480 e. The van der Waals surface area contributed by atoms with Gasteiger partial charge in [-0.25, -0.2) is 9.18 Å². The Morgan fingerprint density at radius 1 is 1.48 bits per heavy atom. The molecule has 0 radical (unpaired) electrons. The van der Waals surface area contributed by atoms with E-state index in [0.717, 1.165) is 23.1 Å². The smallest absolute Gasteiger partial charge is 0.326 e. The molecule has 23 heavy (non-hydrogen) atoms. The summed E-state index contributed by atoms with van der Waals surface area (Å²) in [5, 5.41) is 9.37. The van der Waals surface area contributed by atoms with Gasteiger partial charge in [0.1, 0.15) is 16.2 Å². The van der Waals surface area contributed by atoms with E-state index in [1.807, 2.05) is 6.92 Å². The first-order valence-corrected chi connectivity index (χ1v) is 8.42. The maximum absolute atomic E-state index is 13.7. The third-order valence-electron chi connectivity index (χ3n) is 3.44. The van der Waals surface area contributed by atoms with Crippen molar-refractivity contribution in [3.63, 3.8) is 0 Å². The molecule has 0 aromatic heterocycles. The van der Waals surface area contributed by atoms with Crippen molar-refractivity contribution in [3.8, 4) is 0 Å². The lowest BCUT2D eigenvalue weighted by Crippen LogP contribution is -2.43. The van der Waals surface area contributed by atoms with E-state index in [2.05, 4.69) is 0 Å². The van der Waals surface area contributed by atoms with Crippen LogP contribution in [0.15, 0.2) is 29.2 Å². The zero-order valence-corrected chi connectivity index (χ0v) is 14.1. The van der Waals surface area contributed by atoms with Gasteiger partial charge in [0, 0.05) is 5.56 Å². The fraction of sp³-hybridized carbons (Fsp3) is 0.312. The normalized spacial score (nSPS) is 17.8. The Morgan fingerprint density at radius 2 is 2.17 bits per heavy atom. The standard InChI is InChI=1S/C16H16FNO3S2/c1-2-3-8-12(15(20)21)18-14(19)13(23-16(18)22)9-10-6-4-5-7-11(10)17/h4-7,9,12H,2-3,8H2,1H3,(H,20,21)/b13-9-/t12-/m1/s1. The number of nitrogens with zero attached hydrogens (tertiary/aromatic N) is 1. The van der Waals surface area contributed by atoms with Crippen molar-refractivity contribution >= 4 is 46.3 Å². The van der Waals surface area contributed by atoms with E-state index < -0.39 is 23.7 Å². The van der Waals surface area contributed by atoms with Crippen LogP contribution in [0, 0.1) is 5.82 Å². The number of unbranched alkanes of at least 4 members (excludes halogenated alkanes) is 1. The highest BCUT2D eigenvalue weighted by Crippen LogP contribution is 2.35. The first-order valence-electron chi connectivity index (χ1n) is 7.20. The lowest BCUT2D eigenvalue weighted by Gasteiger charge is -2.22. The van der Waals surface area contributed by atoms with Gasteiger partial charge in [-0.05, 0) is 18.6 Å². The zero-order chi connectivity index (χ0) is 17.0. The number of rotatable bonds is 6. The Bertz CT molecular complexity index is 675. The highest BCUT2D eigenvalue weighted by molar-refractivity contribution is 8.26. The number of halogens is 1. The summed E-state index contributed by atoms with van der Waals surface area (Å²) in [6.07, 6.45) is 3.25. The van der Waals surface area contributed by atoms with Crippen molar-refractivity contribution in [3.05, 3.63) is 40.6 Å². The number of amides is 1. The maximum atomic E-state index is 13.7. The number of hydrogen-bond donors (Lipinski definition) is 1. The van der Waals surface area contributed by atoms with Gasteiger partial charge in [0.2, 0.25) is 0 Å². The van der Waals surface area contributed by atoms with Gasteiger partial charge in [0.05, 0.1) is 4.91 Å². The van der Waals surface area contributed by atoms with Gasteiger partial charge in [-0.15, -0.1) is 0 Å². The molecule has 1 aliphatic rings. The number of thiocarbonyl (C=S) groups is 1. The lowest BCUT2D eigenvalue weighted by molar-refractivity contribution is -0.145. The van der Waals surface area contributed by atoms with Crippen LogP contribution in [0.1, 0.15) is 31.7 Å². The second-order valence-electron chi connectivity index (χ2n) is 5.07. The summed E-state index contributed by atoms with van der Waals surface area (Å²) in [6, 6.07) is 5.09. The van der Waals surface area contributed by atoms with Gasteiger partial charge in [-0.2, -0.15) is 0 Å². The van der Waals surface area contributed by atoms with E-state index in [-0.39, 0.29) is 14.8 Å². The van der Waals surface area contributed by atoms with Crippen molar-refractivity contribution in [2.45, 2.75) is 32.2 Å². The molecule has 122 valence electrons. The van der Waals surface area contributed by atoms with E-state index in [4.69, 9.17) is 12.2 Å². The van der Waals surface area contributed by atoms with Crippen molar-refractivity contribution < 1.29 is 19.1 Å². The maximum Gasteiger partial charge on any atom is 0.326 e. The second-order valence-corrected chi connectivity index (χ2v) is 6.75. The minimum absolute atomic E-state index is 0.195. The number of hydrogen-bond acceptors (Lipinski definition) is 4. The number of thioether (sulfide) groups is 1. The Balaban J connectivity index is 2.29. The molecule has 0 unspecified atom stereocenters. The molecule has 1 saturated heterocycles. The molecule has 0 bridgehead atoms. The Kier molecular flexibility index (Phi) is 5.90. The number of carbonyl (C=O) groups is 2. The average Bonchev–Trinajstić information content (AvgIpc) is 2.77. The monoisotopic (exact) mass is 353 g/mol. The van der Waals surface area contributed by atoms with Crippen LogP contribution in [-0.4, -0.2) is 32.2 Å². The summed E-state index contributed by atoms with van der Waals surface area (Å²) in [4.78, 5) is 25.3. The molecule has 7 heteroatoms. The molecule has 1 aromatic carbocycles. The van der Waals surface area contributed by atoms with E-state index in [0.29, 0.717) is 12.8 Å². The quantitative estimate of drug-likeness (QED) is 0.625. The third-order valence-corrected chi connectivity index (χ3v) is 4.77. The summed E-state index contributed by atoms with van der Waals surface area (Å²) in [5.41, 5.74) is 0.272. The number of benzene rings is 1. The Labute approximate surface area is 143 Å². The predicted octanol–water partition coefficient (Wildman–Crippen LogP) is 3.67. The van der Waals surface area contributed by atoms with Crippen molar-refractivity contribution in [2.24, 2.45) is 0 Å². The first kappa shape index (κ1) is 17.6. The van der Waals surface area contributed by atoms with Crippen LogP contribution in [0.2, 0.25) is 0 Å². The van der Waals surface area contributed by atoms with E-state index in [9.17, 15) is 19.1 Å². The zero-order valence-electron chi connectivity index (χ0n) is 12.5. The summed E-state index contributed by atoms with van der Waals surface area (Å²) in [6.45, 7) is 1.95. The first-order chi connectivity index (χ1) is 11.0. The highest BCUT2D eigenvalue weighted by Gasteiger charge is 2.40. The van der Waals surface area contributed by atoms with Crippen molar-refractivity contribution in [2.75, 3.05) is 0 Å². The summed E-state index contributed by atoms with van der Waals surface area (Å²) in [7, 11) is 0. The number of carbonyl (C=O) groups excluding carboxylic acids is 1. The fourth-order valence-electron chi connectivity index (χ4n) is 2.24. The topological polar surface area (TPSA) is 57.6 Å². The molecular weight excluding hydrogens is 337 g/mol. The number of carboxylic acid groups (broad SMARTS) is 1. The summed E-state index contributed by atoms with van der Waals surface area (Å²) in [5.74, 6) is -2.01.